The normalized spacial score (nSPS) is 10.6. The Labute approximate surface area is 95.6 Å². The third-order valence-electron chi connectivity index (χ3n) is 2.51. The van der Waals surface area contributed by atoms with Gasteiger partial charge in [0, 0.05) is 30.9 Å². The first-order valence-electron chi connectivity index (χ1n) is 5.52. The molecule has 2 aromatic heterocycles. The number of rotatable bonds is 4. The van der Waals surface area contributed by atoms with Gasteiger partial charge in [0.25, 0.3) is 0 Å². The zero-order valence-electron chi connectivity index (χ0n) is 9.75. The van der Waals surface area contributed by atoms with Crippen LogP contribution in [0.25, 0.3) is 11.0 Å². The summed E-state index contributed by atoms with van der Waals surface area (Å²) in [6, 6.07) is 4.06. The molecule has 2 rings (SSSR count). The highest BCUT2D eigenvalue weighted by Gasteiger charge is 2.01. The fourth-order valence-electron chi connectivity index (χ4n) is 1.64. The molecule has 0 unspecified atom stereocenters. The van der Waals surface area contributed by atoms with Crippen molar-refractivity contribution < 1.29 is 0 Å². The Balaban J connectivity index is 2.02. The number of fused-ring (bicyclic) bond motifs is 1. The number of nitrogens with one attached hydrogen (secondary N) is 2. The Morgan fingerprint density at radius 3 is 3.19 bits per heavy atom. The maximum absolute atomic E-state index is 4.26. The Hall–Kier alpha value is -1.61. The van der Waals surface area contributed by atoms with Crippen molar-refractivity contribution in [3.8, 4) is 0 Å². The molecule has 0 saturated carbocycles. The smallest absolute Gasteiger partial charge is 0.137 e. The van der Waals surface area contributed by atoms with Gasteiger partial charge in [-0.2, -0.15) is 0 Å². The van der Waals surface area contributed by atoms with Crippen molar-refractivity contribution in [3.63, 3.8) is 0 Å². The number of pyridine rings is 1. The Morgan fingerprint density at radius 1 is 1.50 bits per heavy atom. The molecule has 2 aromatic rings. The van der Waals surface area contributed by atoms with E-state index in [0.29, 0.717) is 0 Å². The van der Waals surface area contributed by atoms with E-state index in [1.807, 2.05) is 12.3 Å². The Kier molecular flexibility index (Phi) is 3.37. The van der Waals surface area contributed by atoms with E-state index in [4.69, 9.17) is 0 Å². The molecular formula is C13H17N3. The molecule has 0 atom stereocenters. The SMILES string of the molecule is CC(C)=CCNCc1c[nH]c2ncccc12. The highest BCUT2D eigenvalue weighted by molar-refractivity contribution is 5.79. The second-order valence-electron chi connectivity index (χ2n) is 4.13. The lowest BCUT2D eigenvalue weighted by atomic mass is 10.2. The van der Waals surface area contributed by atoms with Gasteiger partial charge in [0.1, 0.15) is 5.65 Å². The molecule has 0 aliphatic heterocycles. The summed E-state index contributed by atoms with van der Waals surface area (Å²) in [4.78, 5) is 7.43. The second kappa shape index (κ2) is 4.94. The lowest BCUT2D eigenvalue weighted by molar-refractivity contribution is 0.761. The third-order valence-corrected chi connectivity index (χ3v) is 2.51. The molecular weight excluding hydrogens is 198 g/mol. The summed E-state index contributed by atoms with van der Waals surface area (Å²) >= 11 is 0. The van der Waals surface area contributed by atoms with Crippen molar-refractivity contribution >= 4 is 11.0 Å². The van der Waals surface area contributed by atoms with Crippen molar-refractivity contribution in [1.29, 1.82) is 0 Å². The van der Waals surface area contributed by atoms with Gasteiger partial charge in [0.2, 0.25) is 0 Å². The van der Waals surface area contributed by atoms with Gasteiger partial charge in [-0.25, -0.2) is 4.98 Å². The number of allylic oxidation sites excluding steroid dienone is 1. The number of aromatic nitrogens is 2. The molecule has 3 nitrogen and oxygen atoms in total. The van der Waals surface area contributed by atoms with Crippen LogP contribution < -0.4 is 5.32 Å². The standard InChI is InChI=1S/C13H17N3/c1-10(2)5-7-14-8-11-9-16-13-12(11)4-3-6-15-13/h3-6,9,14H,7-8H2,1-2H3,(H,15,16). The van der Waals surface area contributed by atoms with E-state index in [1.54, 1.807) is 6.20 Å². The van der Waals surface area contributed by atoms with Crippen LogP contribution in [0.4, 0.5) is 0 Å². The summed E-state index contributed by atoms with van der Waals surface area (Å²) in [7, 11) is 0. The summed E-state index contributed by atoms with van der Waals surface area (Å²) in [5.74, 6) is 0. The zero-order chi connectivity index (χ0) is 11.4. The predicted molar refractivity (Wildman–Crippen MR) is 67.2 cm³/mol. The van der Waals surface area contributed by atoms with Gasteiger partial charge in [-0.1, -0.05) is 11.6 Å². The molecule has 0 amide bonds. The Bertz CT molecular complexity index is 493. The van der Waals surface area contributed by atoms with Crippen molar-refractivity contribution in [1.82, 2.24) is 15.3 Å². The van der Waals surface area contributed by atoms with Crippen molar-refractivity contribution in [2.75, 3.05) is 6.54 Å². The van der Waals surface area contributed by atoms with Crippen LogP contribution in [-0.4, -0.2) is 16.5 Å². The maximum Gasteiger partial charge on any atom is 0.137 e. The number of nitrogens with zero attached hydrogens (tertiary/aromatic N) is 1. The topological polar surface area (TPSA) is 40.7 Å². The third kappa shape index (κ3) is 2.49. The van der Waals surface area contributed by atoms with Gasteiger partial charge in [-0.15, -0.1) is 0 Å². The summed E-state index contributed by atoms with van der Waals surface area (Å²) in [5, 5.41) is 4.59. The molecule has 16 heavy (non-hydrogen) atoms. The number of hydrogen-bond acceptors (Lipinski definition) is 2. The van der Waals surface area contributed by atoms with Gasteiger partial charge >= 0.3 is 0 Å². The predicted octanol–water partition coefficient (Wildman–Crippen LogP) is 2.62. The number of H-pyrrole nitrogens is 1. The lowest BCUT2D eigenvalue weighted by Crippen LogP contribution is -2.12. The van der Waals surface area contributed by atoms with Crippen LogP contribution in [0.3, 0.4) is 0 Å². The van der Waals surface area contributed by atoms with Crippen molar-refractivity contribution in [3.05, 3.63) is 41.7 Å². The van der Waals surface area contributed by atoms with Gasteiger partial charge in [0.15, 0.2) is 0 Å². The fraction of sp³-hybridized carbons (Fsp3) is 0.308. The minimum absolute atomic E-state index is 0.871. The van der Waals surface area contributed by atoms with Crippen molar-refractivity contribution in [2.24, 2.45) is 0 Å². The molecule has 2 heterocycles. The molecule has 3 heteroatoms. The minimum atomic E-state index is 0.871. The Morgan fingerprint density at radius 2 is 2.38 bits per heavy atom. The van der Waals surface area contributed by atoms with Crippen LogP contribution in [-0.2, 0) is 6.54 Å². The largest absolute Gasteiger partial charge is 0.346 e. The van der Waals surface area contributed by atoms with E-state index in [0.717, 1.165) is 18.7 Å². The van der Waals surface area contributed by atoms with Gasteiger partial charge < -0.3 is 10.3 Å². The summed E-state index contributed by atoms with van der Waals surface area (Å²) < 4.78 is 0. The fourth-order valence-corrected chi connectivity index (χ4v) is 1.64. The molecule has 84 valence electrons. The highest BCUT2D eigenvalue weighted by Crippen LogP contribution is 2.14. The van der Waals surface area contributed by atoms with Gasteiger partial charge in [-0.05, 0) is 31.5 Å². The molecule has 0 aromatic carbocycles. The molecule has 0 aliphatic rings. The maximum atomic E-state index is 4.26. The first-order valence-corrected chi connectivity index (χ1v) is 5.52. The van der Waals surface area contributed by atoms with E-state index >= 15 is 0 Å². The highest BCUT2D eigenvalue weighted by atomic mass is 14.9. The average Bonchev–Trinajstić information content (AvgIpc) is 2.68. The van der Waals surface area contributed by atoms with E-state index in [2.05, 4.69) is 41.3 Å². The molecule has 0 fully saturated rings. The van der Waals surface area contributed by atoms with Gasteiger partial charge in [0.05, 0.1) is 0 Å². The first kappa shape index (κ1) is 10.9. The van der Waals surface area contributed by atoms with E-state index in [9.17, 15) is 0 Å². The van der Waals surface area contributed by atoms with Crippen LogP contribution >= 0.6 is 0 Å². The van der Waals surface area contributed by atoms with E-state index in [1.165, 1.54) is 16.5 Å². The van der Waals surface area contributed by atoms with Gasteiger partial charge in [-0.3, -0.25) is 0 Å². The lowest BCUT2D eigenvalue weighted by Gasteiger charge is -2.00. The monoisotopic (exact) mass is 215 g/mol. The summed E-state index contributed by atoms with van der Waals surface area (Å²) in [6.45, 7) is 6.00. The second-order valence-corrected chi connectivity index (χ2v) is 4.13. The van der Waals surface area contributed by atoms with E-state index in [-0.39, 0.29) is 0 Å². The molecule has 0 aliphatic carbocycles. The van der Waals surface area contributed by atoms with Crippen LogP contribution in [0, 0.1) is 0 Å². The molecule has 2 N–H and O–H groups in total. The van der Waals surface area contributed by atoms with Crippen molar-refractivity contribution in [2.45, 2.75) is 20.4 Å². The quantitative estimate of drug-likeness (QED) is 0.608. The van der Waals surface area contributed by atoms with Crippen LogP contribution in [0.1, 0.15) is 19.4 Å². The zero-order valence-corrected chi connectivity index (χ0v) is 9.75. The molecule has 0 saturated heterocycles. The average molecular weight is 215 g/mol. The summed E-state index contributed by atoms with van der Waals surface area (Å²) in [5.41, 5.74) is 3.57. The van der Waals surface area contributed by atoms with Crippen LogP contribution in [0.5, 0.6) is 0 Å². The molecule has 0 bridgehead atoms. The number of hydrogen-bond donors (Lipinski definition) is 2. The minimum Gasteiger partial charge on any atom is -0.346 e. The first-order chi connectivity index (χ1) is 7.77. The van der Waals surface area contributed by atoms with Crippen LogP contribution in [0.2, 0.25) is 0 Å². The van der Waals surface area contributed by atoms with E-state index < -0.39 is 0 Å². The molecule has 0 spiro atoms. The molecule has 0 radical (unpaired) electrons. The summed E-state index contributed by atoms with van der Waals surface area (Å²) in [6.07, 6.45) is 6.01. The van der Waals surface area contributed by atoms with Crippen LogP contribution in [0.15, 0.2) is 36.2 Å². The number of aromatic amines is 1.